The quantitative estimate of drug-likeness (QED) is 0.761. The van der Waals surface area contributed by atoms with Crippen LogP contribution in [0.3, 0.4) is 0 Å². The van der Waals surface area contributed by atoms with Crippen molar-refractivity contribution in [3.8, 4) is 0 Å². The lowest BCUT2D eigenvalue weighted by Crippen LogP contribution is -2.41. The summed E-state index contributed by atoms with van der Waals surface area (Å²) in [4.78, 5) is 14.0. The maximum atomic E-state index is 12.2. The van der Waals surface area contributed by atoms with E-state index in [2.05, 4.69) is 18.2 Å². The van der Waals surface area contributed by atoms with Crippen LogP contribution in [-0.4, -0.2) is 28.1 Å². The Morgan fingerprint density at radius 1 is 1.41 bits per heavy atom. The molecule has 2 aliphatic rings. The third kappa shape index (κ3) is 2.97. The summed E-state index contributed by atoms with van der Waals surface area (Å²) >= 11 is 0. The number of carbonyl (C=O) groups is 1. The summed E-state index contributed by atoms with van der Waals surface area (Å²) in [6.07, 6.45) is 10.7. The highest BCUT2D eigenvalue weighted by atomic mass is 16.3. The molecule has 0 radical (unpaired) electrons. The molecule has 1 aliphatic carbocycles. The molecule has 17 heavy (non-hydrogen) atoms. The van der Waals surface area contributed by atoms with Gasteiger partial charge < -0.3 is 10.0 Å². The Balaban J connectivity index is 2.00. The number of hydrogen-bond donors (Lipinski definition) is 1. The summed E-state index contributed by atoms with van der Waals surface area (Å²) < 4.78 is 0. The van der Waals surface area contributed by atoms with Crippen molar-refractivity contribution in [2.75, 3.05) is 6.54 Å². The Labute approximate surface area is 103 Å². The average Bonchev–Trinajstić information content (AvgIpc) is 2.27. The number of hydrogen-bond acceptors (Lipinski definition) is 2. The molecule has 0 saturated carbocycles. The molecule has 3 heteroatoms. The average molecular weight is 235 g/mol. The third-order valence-corrected chi connectivity index (χ3v) is 3.56. The summed E-state index contributed by atoms with van der Waals surface area (Å²) in [6, 6.07) is 0. The fraction of sp³-hybridized carbons (Fsp3) is 0.643. The van der Waals surface area contributed by atoms with Gasteiger partial charge in [-0.2, -0.15) is 0 Å². The van der Waals surface area contributed by atoms with Crippen molar-refractivity contribution in [2.24, 2.45) is 11.8 Å². The van der Waals surface area contributed by atoms with E-state index in [4.69, 9.17) is 0 Å². The van der Waals surface area contributed by atoms with E-state index in [1.165, 1.54) is 0 Å². The second-order valence-electron chi connectivity index (χ2n) is 5.65. The van der Waals surface area contributed by atoms with Crippen LogP contribution in [0.15, 0.2) is 24.4 Å². The predicted molar refractivity (Wildman–Crippen MR) is 67.1 cm³/mol. The van der Waals surface area contributed by atoms with Crippen LogP contribution in [0.2, 0.25) is 0 Å². The molecular weight excluding hydrogens is 214 g/mol. The largest absolute Gasteiger partial charge is 0.390 e. The SMILES string of the molecule is CC(C)(O)CCN1C=C[C@@H]2CC=CC[C@H]2C1=O. The molecule has 1 aliphatic heterocycles. The van der Waals surface area contributed by atoms with Crippen molar-refractivity contribution in [1.82, 2.24) is 4.90 Å². The Bertz CT molecular complexity index is 352. The minimum Gasteiger partial charge on any atom is -0.390 e. The highest BCUT2D eigenvalue weighted by Gasteiger charge is 2.33. The Hall–Kier alpha value is -1.09. The molecule has 0 saturated heterocycles. The Morgan fingerprint density at radius 3 is 2.82 bits per heavy atom. The zero-order valence-corrected chi connectivity index (χ0v) is 10.6. The van der Waals surface area contributed by atoms with Crippen LogP contribution in [0.4, 0.5) is 0 Å². The van der Waals surface area contributed by atoms with Crippen molar-refractivity contribution in [1.29, 1.82) is 0 Å². The highest BCUT2D eigenvalue weighted by Crippen LogP contribution is 2.32. The van der Waals surface area contributed by atoms with Gasteiger partial charge in [-0.25, -0.2) is 0 Å². The van der Waals surface area contributed by atoms with Crippen LogP contribution in [0.5, 0.6) is 0 Å². The molecule has 0 bridgehead atoms. The molecule has 0 aromatic carbocycles. The van der Waals surface area contributed by atoms with E-state index in [-0.39, 0.29) is 11.8 Å². The zero-order chi connectivity index (χ0) is 12.5. The third-order valence-electron chi connectivity index (χ3n) is 3.56. The molecule has 0 unspecified atom stereocenters. The Kier molecular flexibility index (Phi) is 3.38. The van der Waals surface area contributed by atoms with E-state index in [0.29, 0.717) is 18.9 Å². The van der Waals surface area contributed by atoms with Gasteiger partial charge in [0.25, 0.3) is 0 Å². The summed E-state index contributed by atoms with van der Waals surface area (Å²) in [5, 5.41) is 9.69. The molecule has 3 nitrogen and oxygen atoms in total. The maximum Gasteiger partial charge on any atom is 0.230 e. The highest BCUT2D eigenvalue weighted by molar-refractivity contribution is 5.81. The van der Waals surface area contributed by atoms with Gasteiger partial charge in [0.15, 0.2) is 0 Å². The second kappa shape index (κ2) is 4.65. The first kappa shape index (κ1) is 12.4. The number of fused-ring (bicyclic) bond motifs is 1. The van der Waals surface area contributed by atoms with Gasteiger partial charge in [0.2, 0.25) is 5.91 Å². The first-order chi connectivity index (χ1) is 7.97. The summed E-state index contributed by atoms with van der Waals surface area (Å²) in [5.41, 5.74) is -0.711. The number of aliphatic hydroxyl groups is 1. The zero-order valence-electron chi connectivity index (χ0n) is 10.6. The summed E-state index contributed by atoms with van der Waals surface area (Å²) in [5.74, 6) is 0.712. The van der Waals surface area contributed by atoms with Crippen molar-refractivity contribution in [3.05, 3.63) is 24.4 Å². The molecule has 0 spiro atoms. The molecule has 0 aromatic heterocycles. The van der Waals surface area contributed by atoms with Crippen LogP contribution < -0.4 is 0 Å². The molecule has 2 rings (SSSR count). The van der Waals surface area contributed by atoms with Gasteiger partial charge in [-0.3, -0.25) is 4.79 Å². The normalized spacial score (nSPS) is 28.4. The van der Waals surface area contributed by atoms with E-state index in [1.807, 2.05) is 6.20 Å². The second-order valence-corrected chi connectivity index (χ2v) is 5.65. The summed E-state index contributed by atoms with van der Waals surface area (Å²) in [6.45, 7) is 4.15. The number of nitrogens with zero attached hydrogens (tertiary/aromatic N) is 1. The number of amides is 1. The Morgan fingerprint density at radius 2 is 2.12 bits per heavy atom. The first-order valence-electron chi connectivity index (χ1n) is 6.33. The fourth-order valence-corrected chi connectivity index (χ4v) is 2.41. The molecule has 1 heterocycles. The fourth-order valence-electron chi connectivity index (χ4n) is 2.41. The standard InChI is InChI=1S/C14H21NO2/c1-14(2,17)8-10-15-9-7-11-5-3-4-6-12(11)13(15)16/h3-4,7,9,11-12,17H,5-6,8,10H2,1-2H3/t11-,12+/m0/s1. The van der Waals surface area contributed by atoms with Crippen LogP contribution >= 0.6 is 0 Å². The molecule has 1 N–H and O–H groups in total. The van der Waals surface area contributed by atoms with E-state index in [0.717, 1.165) is 12.8 Å². The van der Waals surface area contributed by atoms with Gasteiger partial charge in [0.05, 0.1) is 5.60 Å². The summed E-state index contributed by atoms with van der Waals surface area (Å²) in [7, 11) is 0. The first-order valence-corrected chi connectivity index (χ1v) is 6.33. The molecule has 0 fully saturated rings. The minimum atomic E-state index is -0.711. The van der Waals surface area contributed by atoms with E-state index in [1.54, 1.807) is 18.7 Å². The van der Waals surface area contributed by atoms with Crippen molar-refractivity contribution in [3.63, 3.8) is 0 Å². The molecule has 94 valence electrons. The van der Waals surface area contributed by atoms with Crippen LogP contribution in [0, 0.1) is 11.8 Å². The lowest BCUT2D eigenvalue weighted by molar-refractivity contribution is -0.135. The van der Waals surface area contributed by atoms with Crippen molar-refractivity contribution < 1.29 is 9.90 Å². The van der Waals surface area contributed by atoms with Crippen LogP contribution in [0.25, 0.3) is 0 Å². The topological polar surface area (TPSA) is 40.5 Å². The van der Waals surface area contributed by atoms with Gasteiger partial charge in [0, 0.05) is 18.7 Å². The molecular formula is C14H21NO2. The van der Waals surface area contributed by atoms with Gasteiger partial charge in [-0.05, 0) is 39.0 Å². The lowest BCUT2D eigenvalue weighted by atomic mass is 9.80. The van der Waals surface area contributed by atoms with Gasteiger partial charge in [-0.1, -0.05) is 18.2 Å². The van der Waals surface area contributed by atoms with Gasteiger partial charge in [-0.15, -0.1) is 0 Å². The monoisotopic (exact) mass is 235 g/mol. The maximum absolute atomic E-state index is 12.2. The number of carbonyl (C=O) groups excluding carboxylic acids is 1. The van der Waals surface area contributed by atoms with Crippen LogP contribution in [-0.2, 0) is 4.79 Å². The molecule has 1 amide bonds. The molecule has 0 aromatic rings. The van der Waals surface area contributed by atoms with Gasteiger partial charge in [0.1, 0.15) is 0 Å². The lowest BCUT2D eigenvalue weighted by Gasteiger charge is -2.35. The van der Waals surface area contributed by atoms with Gasteiger partial charge >= 0.3 is 0 Å². The minimum absolute atomic E-state index is 0.117. The van der Waals surface area contributed by atoms with Crippen molar-refractivity contribution in [2.45, 2.75) is 38.7 Å². The smallest absolute Gasteiger partial charge is 0.230 e. The number of allylic oxidation sites excluding steroid dienone is 3. The van der Waals surface area contributed by atoms with E-state index < -0.39 is 5.60 Å². The van der Waals surface area contributed by atoms with E-state index >= 15 is 0 Å². The van der Waals surface area contributed by atoms with Crippen molar-refractivity contribution >= 4 is 5.91 Å². The van der Waals surface area contributed by atoms with Crippen LogP contribution in [0.1, 0.15) is 33.1 Å². The van der Waals surface area contributed by atoms with E-state index in [9.17, 15) is 9.90 Å². The predicted octanol–water partition coefficient (Wildman–Crippen LogP) is 2.09. The number of rotatable bonds is 3. The molecule has 2 atom stereocenters.